The highest BCUT2D eigenvalue weighted by molar-refractivity contribution is 6.01. The Morgan fingerprint density at radius 3 is 2.49 bits per heavy atom. The van der Waals surface area contributed by atoms with Crippen molar-refractivity contribution in [2.75, 3.05) is 13.1 Å². The Morgan fingerprint density at radius 1 is 1.02 bits per heavy atom. The molecule has 3 amide bonds. The van der Waals surface area contributed by atoms with Crippen molar-refractivity contribution in [3.05, 3.63) is 77.4 Å². The van der Waals surface area contributed by atoms with Gasteiger partial charge in [-0.2, -0.15) is 0 Å². The van der Waals surface area contributed by atoms with Crippen LogP contribution in [0.15, 0.2) is 60.4 Å². The molecule has 0 bridgehead atoms. The van der Waals surface area contributed by atoms with E-state index in [1.165, 1.54) is 12.1 Å². The van der Waals surface area contributed by atoms with Gasteiger partial charge in [0.1, 0.15) is 17.5 Å². The molecule has 2 fully saturated rings. The number of nitrogens with one attached hydrogen (secondary N) is 2. The molecule has 2 aromatic carbocycles. The number of fused-ring (bicyclic) bond motifs is 2. The lowest BCUT2D eigenvalue weighted by molar-refractivity contribution is -0.132. The number of ether oxygens (including phenoxy) is 1. The Bertz CT molecular complexity index is 1570. The number of carbonyl (C=O) groups is 3. The zero-order valence-electron chi connectivity index (χ0n) is 25.0. The summed E-state index contributed by atoms with van der Waals surface area (Å²) >= 11 is 0. The highest BCUT2D eigenvalue weighted by Crippen LogP contribution is 2.43. The first-order valence-electron chi connectivity index (χ1n) is 15.3. The fourth-order valence-electron chi connectivity index (χ4n) is 6.93. The summed E-state index contributed by atoms with van der Waals surface area (Å²) in [6.45, 7) is 6.15. The molecule has 2 atom stereocenters. The number of hydrogen-bond acceptors (Lipinski definition) is 4. The summed E-state index contributed by atoms with van der Waals surface area (Å²) in [5.74, 6) is -0.622. The number of aromatic amines is 1. The lowest BCUT2D eigenvalue weighted by Gasteiger charge is -2.34. The van der Waals surface area contributed by atoms with Crippen molar-refractivity contribution >= 4 is 34.4 Å². The smallest absolute Gasteiger partial charge is 0.408 e. The molecule has 226 valence electrons. The van der Waals surface area contributed by atoms with Gasteiger partial charge in [-0.05, 0) is 76.3 Å². The van der Waals surface area contributed by atoms with Gasteiger partial charge in [-0.3, -0.25) is 9.59 Å². The number of hydrogen-bond donors (Lipinski definition) is 2. The van der Waals surface area contributed by atoms with E-state index in [1.807, 2.05) is 29.3 Å². The van der Waals surface area contributed by atoms with Crippen LogP contribution in [0, 0.1) is 11.7 Å². The van der Waals surface area contributed by atoms with Gasteiger partial charge in [0.15, 0.2) is 0 Å². The molecule has 2 unspecified atom stereocenters. The predicted octanol–water partition coefficient (Wildman–Crippen LogP) is 6.25. The molecule has 3 aromatic rings. The van der Waals surface area contributed by atoms with Crippen LogP contribution < -0.4 is 5.32 Å². The molecular formula is C34H39FN4O4. The van der Waals surface area contributed by atoms with Crippen molar-refractivity contribution in [3.63, 3.8) is 0 Å². The predicted molar refractivity (Wildman–Crippen MR) is 163 cm³/mol. The zero-order valence-corrected chi connectivity index (χ0v) is 25.0. The summed E-state index contributed by atoms with van der Waals surface area (Å²) in [6.07, 6.45) is 6.64. The van der Waals surface area contributed by atoms with Crippen molar-refractivity contribution in [3.8, 4) is 0 Å². The van der Waals surface area contributed by atoms with Crippen LogP contribution in [0.5, 0.6) is 0 Å². The maximum Gasteiger partial charge on any atom is 0.408 e. The van der Waals surface area contributed by atoms with E-state index in [4.69, 9.17) is 4.74 Å². The second kappa shape index (κ2) is 11.5. The van der Waals surface area contributed by atoms with Gasteiger partial charge in [0.05, 0.1) is 6.04 Å². The Kier molecular flexibility index (Phi) is 7.75. The van der Waals surface area contributed by atoms with Crippen LogP contribution in [0.3, 0.4) is 0 Å². The molecular weight excluding hydrogens is 547 g/mol. The van der Waals surface area contributed by atoms with E-state index < -0.39 is 17.7 Å². The van der Waals surface area contributed by atoms with Crippen LogP contribution in [-0.2, 0) is 9.53 Å². The molecule has 2 aliphatic heterocycles. The first-order chi connectivity index (χ1) is 20.6. The maximum atomic E-state index is 14.5. The average Bonchev–Trinajstić information content (AvgIpc) is 3.69. The van der Waals surface area contributed by atoms with Gasteiger partial charge < -0.3 is 24.8 Å². The van der Waals surface area contributed by atoms with Crippen molar-refractivity contribution < 1.29 is 23.5 Å². The largest absolute Gasteiger partial charge is 0.444 e. The third-order valence-electron chi connectivity index (χ3n) is 8.82. The van der Waals surface area contributed by atoms with Gasteiger partial charge in [0.2, 0.25) is 5.91 Å². The summed E-state index contributed by atoms with van der Waals surface area (Å²) in [5.41, 5.74) is 3.02. The number of nitrogens with zero attached hydrogens (tertiary/aromatic N) is 2. The highest BCUT2D eigenvalue weighted by Gasteiger charge is 2.47. The van der Waals surface area contributed by atoms with E-state index in [2.05, 4.69) is 10.3 Å². The Labute approximate surface area is 251 Å². The van der Waals surface area contributed by atoms with Crippen LogP contribution in [-0.4, -0.2) is 63.5 Å². The molecule has 3 aliphatic rings. The van der Waals surface area contributed by atoms with Gasteiger partial charge in [-0.1, -0.05) is 37.5 Å². The summed E-state index contributed by atoms with van der Waals surface area (Å²) in [7, 11) is 0. The van der Waals surface area contributed by atoms with Crippen LogP contribution in [0.1, 0.15) is 75.2 Å². The second-order valence-corrected chi connectivity index (χ2v) is 12.9. The summed E-state index contributed by atoms with van der Waals surface area (Å²) in [6, 6.07) is 12.7. The molecule has 43 heavy (non-hydrogen) atoms. The van der Waals surface area contributed by atoms with Gasteiger partial charge >= 0.3 is 6.09 Å². The third kappa shape index (κ3) is 5.77. The molecule has 0 radical (unpaired) electrons. The first kappa shape index (κ1) is 29.0. The number of rotatable bonds is 5. The molecule has 8 nitrogen and oxygen atoms in total. The second-order valence-electron chi connectivity index (χ2n) is 12.9. The number of alkyl carbamates (subject to hydrolysis) is 1. The number of amides is 3. The standard InChI is InChI=1S/C34H39FN4O4/c1-34(2,3)43-33(42)37-29(21-10-6-4-7-11-21)32(41)38-17-16-28-30(38)26(20-39(28)31(40)22-12-8-5-9-13-22)25-19-36-27-18-23(35)14-15-24(25)27/h5,8-9,12-15,18-19,21,28-29,36H,4,6-7,10-11,16-17,20H2,1-3H3,(H,37,42). The topological polar surface area (TPSA) is 94.7 Å². The van der Waals surface area contributed by atoms with Gasteiger partial charge in [-0.15, -0.1) is 0 Å². The number of halogens is 1. The quantitative estimate of drug-likeness (QED) is 0.370. The van der Waals surface area contributed by atoms with E-state index in [-0.39, 0.29) is 29.6 Å². The lowest BCUT2D eigenvalue weighted by atomic mass is 9.83. The summed E-state index contributed by atoms with van der Waals surface area (Å²) < 4.78 is 19.6. The van der Waals surface area contributed by atoms with E-state index in [0.717, 1.165) is 54.3 Å². The SMILES string of the molecule is CC(C)(C)OC(=O)NC(C(=O)N1CCC2C1=C(c1c[nH]c3cc(F)ccc13)CN2C(=O)c1ccccc1)C1CCCCC1. The highest BCUT2D eigenvalue weighted by atomic mass is 19.1. The van der Waals surface area contributed by atoms with Crippen LogP contribution >= 0.6 is 0 Å². The maximum absolute atomic E-state index is 14.5. The van der Waals surface area contributed by atoms with E-state index in [9.17, 15) is 18.8 Å². The molecule has 1 saturated heterocycles. The van der Waals surface area contributed by atoms with E-state index in [1.54, 1.807) is 43.9 Å². The monoisotopic (exact) mass is 586 g/mol. The minimum absolute atomic E-state index is 0.00334. The third-order valence-corrected chi connectivity index (χ3v) is 8.82. The van der Waals surface area contributed by atoms with Gasteiger partial charge in [-0.25, -0.2) is 9.18 Å². The number of aromatic nitrogens is 1. The Hall–Kier alpha value is -4.14. The molecule has 3 heterocycles. The van der Waals surface area contributed by atoms with Crippen LogP contribution in [0.25, 0.3) is 16.5 Å². The number of carbonyl (C=O) groups excluding carboxylic acids is 3. The van der Waals surface area contributed by atoms with Crippen LogP contribution in [0.4, 0.5) is 9.18 Å². The minimum atomic E-state index is -0.737. The van der Waals surface area contributed by atoms with Crippen molar-refractivity contribution in [2.24, 2.45) is 5.92 Å². The molecule has 2 N–H and O–H groups in total. The lowest BCUT2D eigenvalue weighted by Crippen LogP contribution is -2.53. The number of H-pyrrole nitrogens is 1. The van der Waals surface area contributed by atoms with Gasteiger partial charge in [0.25, 0.3) is 5.91 Å². The van der Waals surface area contributed by atoms with Gasteiger partial charge in [0, 0.05) is 52.6 Å². The van der Waals surface area contributed by atoms with E-state index in [0.29, 0.717) is 30.6 Å². The fourth-order valence-corrected chi connectivity index (χ4v) is 6.93. The molecule has 1 aliphatic carbocycles. The molecule has 1 saturated carbocycles. The zero-order chi connectivity index (χ0) is 30.3. The average molecular weight is 587 g/mol. The number of likely N-dealkylation sites (tertiary alicyclic amines) is 1. The normalized spacial score (nSPS) is 20.0. The summed E-state index contributed by atoms with van der Waals surface area (Å²) in [4.78, 5) is 48.1. The minimum Gasteiger partial charge on any atom is -0.444 e. The van der Waals surface area contributed by atoms with Crippen molar-refractivity contribution in [1.29, 1.82) is 0 Å². The molecule has 9 heteroatoms. The molecule has 1 aromatic heterocycles. The summed E-state index contributed by atoms with van der Waals surface area (Å²) in [5, 5.41) is 3.77. The first-order valence-corrected chi connectivity index (χ1v) is 15.3. The Morgan fingerprint density at radius 2 is 1.77 bits per heavy atom. The number of benzene rings is 2. The molecule has 6 rings (SSSR count). The van der Waals surface area contributed by atoms with Crippen molar-refractivity contribution in [1.82, 2.24) is 20.1 Å². The van der Waals surface area contributed by atoms with Crippen molar-refractivity contribution in [2.45, 2.75) is 77.0 Å². The molecule has 0 spiro atoms. The van der Waals surface area contributed by atoms with E-state index >= 15 is 0 Å². The Balaban J connectivity index is 1.39. The van der Waals surface area contributed by atoms with Crippen LogP contribution in [0.2, 0.25) is 0 Å². The fraction of sp³-hybridized carbons (Fsp3) is 0.441.